The summed E-state index contributed by atoms with van der Waals surface area (Å²) in [4.78, 5) is 27.4. The van der Waals surface area contributed by atoms with E-state index in [1.165, 1.54) is 4.90 Å². The molecule has 1 saturated heterocycles. The maximum atomic E-state index is 13.1. The Morgan fingerprint density at radius 1 is 1.08 bits per heavy atom. The van der Waals surface area contributed by atoms with E-state index in [9.17, 15) is 24.9 Å². The molecule has 0 unspecified atom stereocenters. The molecule has 36 heavy (non-hydrogen) atoms. The second-order valence-electron chi connectivity index (χ2n) is 9.87. The molecule has 0 bridgehead atoms. The summed E-state index contributed by atoms with van der Waals surface area (Å²) < 4.78 is 0. The van der Waals surface area contributed by atoms with Gasteiger partial charge in [-0.1, -0.05) is 61.0 Å². The molecule has 0 aromatic heterocycles. The predicted molar refractivity (Wildman–Crippen MR) is 140 cm³/mol. The van der Waals surface area contributed by atoms with Crippen molar-refractivity contribution in [1.82, 2.24) is 4.90 Å². The van der Waals surface area contributed by atoms with Crippen molar-refractivity contribution in [2.45, 2.75) is 45.6 Å². The Morgan fingerprint density at radius 2 is 1.78 bits per heavy atom. The van der Waals surface area contributed by atoms with Crippen molar-refractivity contribution in [2.24, 2.45) is 17.8 Å². The topological polar surface area (TPSA) is 98.1 Å². The van der Waals surface area contributed by atoms with Gasteiger partial charge in [0, 0.05) is 12.5 Å². The average molecular weight is 490 g/mol. The molecule has 1 fully saturated rings. The van der Waals surface area contributed by atoms with Crippen molar-refractivity contribution in [1.29, 1.82) is 0 Å². The third kappa shape index (κ3) is 5.15. The third-order valence-corrected chi connectivity index (χ3v) is 7.49. The SMILES string of the molecule is CCCN1C(=O)[C@@H]2[C@@H](CC(C)=C([C@H](O)CC/C(=C/c3ccc(O)cc3)c3ccccc3)[C@@H]2CO)C1=O. The lowest BCUT2D eigenvalue weighted by atomic mass is 9.68. The average Bonchev–Trinajstić information content (AvgIpc) is 3.11. The van der Waals surface area contributed by atoms with Gasteiger partial charge in [-0.15, -0.1) is 0 Å². The molecule has 1 aliphatic heterocycles. The van der Waals surface area contributed by atoms with E-state index >= 15 is 0 Å². The highest BCUT2D eigenvalue weighted by Gasteiger charge is 2.54. The summed E-state index contributed by atoms with van der Waals surface area (Å²) >= 11 is 0. The van der Waals surface area contributed by atoms with Gasteiger partial charge in [-0.25, -0.2) is 0 Å². The van der Waals surface area contributed by atoms with Crippen molar-refractivity contribution >= 4 is 23.5 Å². The van der Waals surface area contributed by atoms with Gasteiger partial charge in [0.1, 0.15) is 5.75 Å². The maximum Gasteiger partial charge on any atom is 0.233 e. The fourth-order valence-corrected chi connectivity index (χ4v) is 5.80. The van der Waals surface area contributed by atoms with Crippen LogP contribution in [-0.2, 0) is 9.59 Å². The van der Waals surface area contributed by atoms with E-state index in [1.54, 1.807) is 12.1 Å². The number of allylic oxidation sites excluding steroid dienone is 2. The number of hydrogen-bond donors (Lipinski definition) is 3. The molecule has 4 atom stereocenters. The minimum atomic E-state index is -0.835. The molecule has 3 N–H and O–H groups in total. The van der Waals surface area contributed by atoms with Crippen molar-refractivity contribution in [3.05, 3.63) is 76.9 Å². The largest absolute Gasteiger partial charge is 0.508 e. The van der Waals surface area contributed by atoms with Crippen LogP contribution in [-0.4, -0.2) is 51.3 Å². The van der Waals surface area contributed by atoms with E-state index in [0.717, 1.165) is 22.3 Å². The Kier molecular flexibility index (Phi) is 8.07. The van der Waals surface area contributed by atoms with E-state index in [1.807, 2.05) is 62.4 Å². The highest BCUT2D eigenvalue weighted by Crippen LogP contribution is 2.46. The van der Waals surface area contributed by atoms with E-state index in [-0.39, 0.29) is 24.2 Å². The van der Waals surface area contributed by atoms with Crippen LogP contribution in [0.15, 0.2) is 65.7 Å². The van der Waals surface area contributed by atoms with Gasteiger partial charge < -0.3 is 15.3 Å². The number of imide groups is 1. The molecule has 4 rings (SSSR count). The Hall–Kier alpha value is -3.22. The van der Waals surface area contributed by atoms with Gasteiger partial charge in [0.2, 0.25) is 11.8 Å². The Bertz CT molecular complexity index is 1150. The van der Waals surface area contributed by atoms with Crippen LogP contribution in [0.2, 0.25) is 0 Å². The Morgan fingerprint density at radius 3 is 2.42 bits per heavy atom. The number of nitrogens with zero attached hydrogens (tertiary/aromatic N) is 1. The summed E-state index contributed by atoms with van der Waals surface area (Å²) in [5.41, 5.74) is 4.62. The van der Waals surface area contributed by atoms with Crippen LogP contribution < -0.4 is 0 Å². The first-order chi connectivity index (χ1) is 17.3. The quantitative estimate of drug-likeness (QED) is 0.275. The van der Waals surface area contributed by atoms with Crippen molar-refractivity contribution in [2.75, 3.05) is 13.2 Å². The number of rotatable bonds is 9. The number of benzene rings is 2. The molecule has 1 aliphatic carbocycles. The normalized spacial score (nSPS) is 23.3. The molecule has 1 heterocycles. The van der Waals surface area contributed by atoms with Crippen LogP contribution in [0.4, 0.5) is 0 Å². The maximum absolute atomic E-state index is 13.1. The first-order valence-electron chi connectivity index (χ1n) is 12.7. The molecule has 6 nitrogen and oxygen atoms in total. The lowest BCUT2D eigenvalue weighted by Gasteiger charge is -2.35. The molecular weight excluding hydrogens is 454 g/mol. The minimum absolute atomic E-state index is 0.151. The molecule has 2 amide bonds. The van der Waals surface area contributed by atoms with E-state index < -0.39 is 23.9 Å². The van der Waals surface area contributed by atoms with E-state index in [4.69, 9.17) is 0 Å². The molecule has 2 aromatic carbocycles. The van der Waals surface area contributed by atoms with Crippen LogP contribution in [0, 0.1) is 17.8 Å². The molecule has 190 valence electrons. The zero-order valence-electron chi connectivity index (χ0n) is 20.9. The number of likely N-dealkylation sites (tertiary alicyclic amines) is 1. The number of hydrogen-bond acceptors (Lipinski definition) is 5. The number of carbonyl (C=O) groups is 2. The number of aromatic hydroxyl groups is 1. The highest BCUT2D eigenvalue weighted by atomic mass is 16.3. The van der Waals surface area contributed by atoms with Crippen LogP contribution in [0.1, 0.15) is 50.7 Å². The molecule has 2 aromatic rings. The summed E-state index contributed by atoms with van der Waals surface area (Å²) in [7, 11) is 0. The standard InChI is InChI=1S/C30H35NO5/c1-3-15-31-29(35)24-16-19(2)27(25(18-32)28(24)30(31)36)26(34)14-11-22(21-7-5-4-6-8-21)17-20-9-12-23(33)13-10-20/h4-10,12-13,17,24-26,28,32-34H,3,11,14-16,18H2,1-2H3/b22-17-/t24-,25+,26-,28-/m1/s1. The van der Waals surface area contributed by atoms with Crippen LogP contribution >= 0.6 is 0 Å². The molecule has 0 spiro atoms. The lowest BCUT2D eigenvalue weighted by Crippen LogP contribution is -2.38. The zero-order chi connectivity index (χ0) is 25.8. The highest BCUT2D eigenvalue weighted by molar-refractivity contribution is 6.05. The van der Waals surface area contributed by atoms with Gasteiger partial charge in [0.25, 0.3) is 0 Å². The third-order valence-electron chi connectivity index (χ3n) is 7.49. The summed E-state index contributed by atoms with van der Waals surface area (Å²) in [6.45, 7) is 3.95. The van der Waals surface area contributed by atoms with Crippen molar-refractivity contribution in [3.63, 3.8) is 0 Å². The number of phenolic OH excluding ortho intramolecular Hbond substituents is 1. The number of amides is 2. The molecular formula is C30H35NO5. The lowest BCUT2D eigenvalue weighted by molar-refractivity contribution is -0.140. The minimum Gasteiger partial charge on any atom is -0.508 e. The first kappa shape index (κ1) is 25.9. The number of aliphatic hydroxyl groups is 2. The monoisotopic (exact) mass is 489 g/mol. The van der Waals surface area contributed by atoms with Crippen LogP contribution in [0.3, 0.4) is 0 Å². The fourth-order valence-electron chi connectivity index (χ4n) is 5.80. The van der Waals surface area contributed by atoms with Gasteiger partial charge in [-0.05, 0) is 67.0 Å². The fraction of sp³-hybridized carbons (Fsp3) is 0.400. The smallest absolute Gasteiger partial charge is 0.233 e. The second kappa shape index (κ2) is 11.2. The van der Waals surface area contributed by atoms with Gasteiger partial charge in [0.15, 0.2) is 0 Å². The second-order valence-corrected chi connectivity index (χ2v) is 9.87. The number of phenols is 1. The first-order valence-corrected chi connectivity index (χ1v) is 12.7. The number of aliphatic hydroxyl groups excluding tert-OH is 2. The van der Waals surface area contributed by atoms with Gasteiger partial charge in [0.05, 0.1) is 24.5 Å². The molecule has 0 saturated carbocycles. The van der Waals surface area contributed by atoms with Gasteiger partial charge in [-0.2, -0.15) is 0 Å². The number of carbonyl (C=O) groups excluding carboxylic acids is 2. The van der Waals surface area contributed by atoms with Crippen LogP contribution in [0.5, 0.6) is 5.75 Å². The predicted octanol–water partition coefficient (Wildman–Crippen LogP) is 4.41. The molecule has 6 heteroatoms. The van der Waals surface area contributed by atoms with Crippen molar-refractivity contribution < 1.29 is 24.9 Å². The molecule has 0 radical (unpaired) electrons. The summed E-state index contributed by atoms with van der Waals surface area (Å²) in [5.74, 6) is -1.79. The number of fused-ring (bicyclic) bond motifs is 1. The van der Waals surface area contributed by atoms with Gasteiger partial charge in [-0.3, -0.25) is 14.5 Å². The zero-order valence-corrected chi connectivity index (χ0v) is 20.9. The Labute approximate surface area is 212 Å². The van der Waals surface area contributed by atoms with Crippen LogP contribution in [0.25, 0.3) is 11.6 Å². The van der Waals surface area contributed by atoms with Crippen molar-refractivity contribution in [3.8, 4) is 5.75 Å². The molecule has 2 aliphatic rings. The summed E-state index contributed by atoms with van der Waals surface area (Å²) in [6.07, 6.45) is 3.33. The summed E-state index contributed by atoms with van der Waals surface area (Å²) in [5, 5.41) is 31.3. The van der Waals surface area contributed by atoms with E-state index in [0.29, 0.717) is 37.8 Å². The Balaban J connectivity index is 1.58. The summed E-state index contributed by atoms with van der Waals surface area (Å²) in [6, 6.07) is 16.9. The van der Waals surface area contributed by atoms with E-state index in [2.05, 4.69) is 0 Å². The van der Waals surface area contributed by atoms with Gasteiger partial charge >= 0.3 is 0 Å².